The molecule has 2 aromatic rings. The predicted octanol–water partition coefficient (Wildman–Crippen LogP) is 2.98. The average molecular weight is 370 g/mol. The lowest BCUT2D eigenvalue weighted by Gasteiger charge is -2.33. The second-order valence-corrected chi connectivity index (χ2v) is 7.79. The number of aryl methyl sites for hydroxylation is 1. The van der Waals surface area contributed by atoms with Crippen molar-refractivity contribution in [1.29, 1.82) is 0 Å². The van der Waals surface area contributed by atoms with Gasteiger partial charge in [-0.15, -0.1) is 0 Å². The van der Waals surface area contributed by atoms with Crippen LogP contribution in [0.25, 0.3) is 11.4 Å². The van der Waals surface area contributed by atoms with Crippen molar-refractivity contribution in [2.24, 2.45) is 5.92 Å². The summed E-state index contributed by atoms with van der Waals surface area (Å²) in [5, 5.41) is 4.18. The van der Waals surface area contributed by atoms with Crippen molar-refractivity contribution in [3.8, 4) is 11.4 Å². The van der Waals surface area contributed by atoms with Crippen molar-refractivity contribution >= 4 is 0 Å². The maximum atomic E-state index is 5.51. The van der Waals surface area contributed by atoms with E-state index in [-0.39, 0.29) is 0 Å². The summed E-state index contributed by atoms with van der Waals surface area (Å²) in [6, 6.07) is 8.17. The summed E-state index contributed by atoms with van der Waals surface area (Å²) >= 11 is 0. The van der Waals surface area contributed by atoms with Crippen molar-refractivity contribution in [2.75, 3.05) is 45.9 Å². The predicted molar refractivity (Wildman–Crippen MR) is 104 cm³/mol. The molecule has 1 aromatic heterocycles. The third-order valence-electron chi connectivity index (χ3n) is 5.88. The SMILES string of the molecule is Cc1ccccc1-c1noc(CN2CCC(CCN3CCOCC3)CC2)n1. The van der Waals surface area contributed by atoms with E-state index in [0.717, 1.165) is 63.3 Å². The zero-order chi connectivity index (χ0) is 18.5. The van der Waals surface area contributed by atoms with Crippen LogP contribution in [0.1, 0.15) is 30.7 Å². The van der Waals surface area contributed by atoms with Gasteiger partial charge in [-0.3, -0.25) is 9.80 Å². The topological polar surface area (TPSA) is 54.6 Å². The molecule has 0 amide bonds. The van der Waals surface area contributed by atoms with Gasteiger partial charge in [-0.25, -0.2) is 0 Å². The fourth-order valence-electron chi connectivity index (χ4n) is 4.07. The summed E-state index contributed by atoms with van der Waals surface area (Å²) < 4.78 is 10.9. The minimum absolute atomic E-state index is 0.698. The molecule has 0 spiro atoms. The number of piperidine rings is 1. The molecule has 0 N–H and O–H groups in total. The number of morpholine rings is 1. The Balaban J connectivity index is 1.23. The van der Waals surface area contributed by atoms with Gasteiger partial charge in [0.25, 0.3) is 0 Å². The van der Waals surface area contributed by atoms with Crippen molar-refractivity contribution in [3.05, 3.63) is 35.7 Å². The van der Waals surface area contributed by atoms with Gasteiger partial charge in [-0.1, -0.05) is 29.4 Å². The fraction of sp³-hybridized carbons (Fsp3) is 0.619. The van der Waals surface area contributed by atoms with E-state index < -0.39 is 0 Å². The first-order chi connectivity index (χ1) is 13.3. The molecule has 0 saturated carbocycles. The molecular weight excluding hydrogens is 340 g/mol. The highest BCUT2D eigenvalue weighted by Crippen LogP contribution is 2.24. The maximum absolute atomic E-state index is 5.51. The zero-order valence-electron chi connectivity index (χ0n) is 16.3. The summed E-state index contributed by atoms with van der Waals surface area (Å²) in [5.41, 5.74) is 2.22. The second kappa shape index (κ2) is 8.95. The number of likely N-dealkylation sites (tertiary alicyclic amines) is 1. The Bertz CT molecular complexity index is 718. The highest BCUT2D eigenvalue weighted by Gasteiger charge is 2.22. The number of ether oxygens (including phenoxy) is 1. The van der Waals surface area contributed by atoms with Gasteiger partial charge in [0.2, 0.25) is 11.7 Å². The molecule has 0 atom stereocenters. The van der Waals surface area contributed by atoms with Crippen LogP contribution in [0.4, 0.5) is 0 Å². The standard InChI is InChI=1S/C21H30N4O2/c1-17-4-2-3-5-19(17)21-22-20(27-23-21)16-25-10-7-18(8-11-25)6-9-24-12-14-26-15-13-24/h2-5,18H,6-16H2,1H3. The van der Waals surface area contributed by atoms with Crippen LogP contribution in [0.2, 0.25) is 0 Å². The summed E-state index contributed by atoms with van der Waals surface area (Å²) in [6.45, 7) is 10.3. The number of nitrogens with zero attached hydrogens (tertiary/aromatic N) is 4. The van der Waals surface area contributed by atoms with Crippen molar-refractivity contribution in [3.63, 3.8) is 0 Å². The Kier molecular flexibility index (Phi) is 6.17. The van der Waals surface area contributed by atoms with Gasteiger partial charge in [0.1, 0.15) is 0 Å². The van der Waals surface area contributed by atoms with Crippen LogP contribution < -0.4 is 0 Å². The fourth-order valence-corrected chi connectivity index (χ4v) is 4.07. The first kappa shape index (κ1) is 18.6. The van der Waals surface area contributed by atoms with Gasteiger partial charge in [-0.2, -0.15) is 4.98 Å². The van der Waals surface area contributed by atoms with Crippen LogP contribution >= 0.6 is 0 Å². The van der Waals surface area contributed by atoms with E-state index in [0.29, 0.717) is 5.82 Å². The van der Waals surface area contributed by atoms with Crippen LogP contribution in [-0.4, -0.2) is 65.9 Å². The molecule has 0 bridgehead atoms. The Morgan fingerprint density at radius 3 is 2.59 bits per heavy atom. The van der Waals surface area contributed by atoms with Crippen LogP contribution in [0.3, 0.4) is 0 Å². The Morgan fingerprint density at radius 1 is 1.04 bits per heavy atom. The molecule has 2 aliphatic heterocycles. The Hall–Kier alpha value is -1.76. The Morgan fingerprint density at radius 2 is 1.81 bits per heavy atom. The van der Waals surface area contributed by atoms with Gasteiger partial charge in [0.15, 0.2) is 0 Å². The van der Waals surface area contributed by atoms with Crippen molar-refractivity contribution in [1.82, 2.24) is 19.9 Å². The molecule has 4 rings (SSSR count). The first-order valence-electron chi connectivity index (χ1n) is 10.2. The number of benzene rings is 1. The molecule has 0 aliphatic carbocycles. The van der Waals surface area contributed by atoms with Crippen LogP contribution in [0.5, 0.6) is 0 Å². The van der Waals surface area contributed by atoms with Crippen LogP contribution in [0.15, 0.2) is 28.8 Å². The molecular formula is C21H30N4O2. The molecule has 27 heavy (non-hydrogen) atoms. The summed E-state index contributed by atoms with van der Waals surface area (Å²) in [7, 11) is 0. The van der Waals surface area contributed by atoms with E-state index >= 15 is 0 Å². The molecule has 2 fully saturated rings. The lowest BCUT2D eigenvalue weighted by atomic mass is 9.93. The minimum Gasteiger partial charge on any atom is -0.379 e. The first-order valence-corrected chi connectivity index (χ1v) is 10.2. The highest BCUT2D eigenvalue weighted by molar-refractivity contribution is 5.58. The Labute approximate surface area is 161 Å². The summed E-state index contributed by atoms with van der Waals surface area (Å²) in [4.78, 5) is 9.60. The smallest absolute Gasteiger partial charge is 0.241 e. The van der Waals surface area contributed by atoms with E-state index in [1.54, 1.807) is 0 Å². The lowest BCUT2D eigenvalue weighted by Crippen LogP contribution is -2.39. The lowest BCUT2D eigenvalue weighted by molar-refractivity contribution is 0.0333. The summed E-state index contributed by atoms with van der Waals surface area (Å²) in [6.07, 6.45) is 3.85. The molecule has 0 radical (unpaired) electrons. The third-order valence-corrected chi connectivity index (χ3v) is 5.88. The quantitative estimate of drug-likeness (QED) is 0.779. The summed E-state index contributed by atoms with van der Waals surface area (Å²) in [5.74, 6) is 2.26. The highest BCUT2D eigenvalue weighted by atomic mass is 16.5. The number of aromatic nitrogens is 2. The average Bonchev–Trinajstić information content (AvgIpc) is 3.17. The largest absolute Gasteiger partial charge is 0.379 e. The van der Waals surface area contributed by atoms with Gasteiger partial charge in [0, 0.05) is 18.7 Å². The van der Waals surface area contributed by atoms with Crippen LogP contribution in [0, 0.1) is 12.8 Å². The zero-order valence-corrected chi connectivity index (χ0v) is 16.3. The monoisotopic (exact) mass is 370 g/mol. The van der Waals surface area contributed by atoms with E-state index in [4.69, 9.17) is 9.26 Å². The number of rotatable bonds is 6. The molecule has 2 aliphatic rings. The number of hydrogen-bond acceptors (Lipinski definition) is 6. The van der Waals surface area contributed by atoms with Crippen LogP contribution in [-0.2, 0) is 11.3 Å². The van der Waals surface area contributed by atoms with E-state index in [9.17, 15) is 0 Å². The second-order valence-electron chi connectivity index (χ2n) is 7.79. The molecule has 2 saturated heterocycles. The molecule has 0 unspecified atom stereocenters. The molecule has 1 aromatic carbocycles. The molecule has 6 nitrogen and oxygen atoms in total. The van der Waals surface area contributed by atoms with Gasteiger partial charge >= 0.3 is 0 Å². The third kappa shape index (κ3) is 4.94. The molecule has 146 valence electrons. The normalized spacial score (nSPS) is 20.2. The maximum Gasteiger partial charge on any atom is 0.241 e. The van der Waals surface area contributed by atoms with E-state index in [1.807, 2.05) is 18.2 Å². The van der Waals surface area contributed by atoms with E-state index in [2.05, 4.69) is 32.9 Å². The van der Waals surface area contributed by atoms with Gasteiger partial charge in [0.05, 0.1) is 19.8 Å². The number of hydrogen-bond donors (Lipinski definition) is 0. The van der Waals surface area contributed by atoms with Crippen molar-refractivity contribution in [2.45, 2.75) is 32.7 Å². The molecule has 6 heteroatoms. The van der Waals surface area contributed by atoms with Gasteiger partial charge in [-0.05, 0) is 57.3 Å². The van der Waals surface area contributed by atoms with Crippen molar-refractivity contribution < 1.29 is 9.26 Å². The van der Waals surface area contributed by atoms with Gasteiger partial charge < -0.3 is 9.26 Å². The molecule has 3 heterocycles. The minimum atomic E-state index is 0.698. The van der Waals surface area contributed by atoms with E-state index in [1.165, 1.54) is 31.4 Å².